The molecule has 1 aliphatic heterocycles. The number of ether oxygens (including phenoxy) is 1. The van der Waals surface area contributed by atoms with Crippen LogP contribution in [0.5, 0.6) is 5.75 Å². The van der Waals surface area contributed by atoms with Gasteiger partial charge < -0.3 is 10.1 Å². The summed E-state index contributed by atoms with van der Waals surface area (Å²) >= 11 is 6.19. The van der Waals surface area contributed by atoms with Crippen LogP contribution in [-0.4, -0.2) is 44.9 Å². The molecule has 1 heterocycles. The van der Waals surface area contributed by atoms with Crippen LogP contribution < -0.4 is 10.1 Å². The van der Waals surface area contributed by atoms with Gasteiger partial charge in [0, 0.05) is 13.1 Å². The average molecular weight is 479 g/mol. The second kappa shape index (κ2) is 10.2. The lowest BCUT2D eigenvalue weighted by atomic mass is 9.87. The molecule has 3 rings (SSSR count). The van der Waals surface area contributed by atoms with E-state index in [1.54, 1.807) is 0 Å². The van der Waals surface area contributed by atoms with Crippen LogP contribution in [0.3, 0.4) is 0 Å². The molecule has 0 radical (unpaired) electrons. The second-order valence-corrected chi connectivity index (χ2v) is 11.3. The second-order valence-electron chi connectivity index (χ2n) is 8.99. The number of nitrogens with one attached hydrogen (secondary N) is 1. The molecule has 174 valence electrons. The largest absolute Gasteiger partial charge is 0.492 e. The molecule has 0 unspecified atom stereocenters. The maximum atomic E-state index is 12.9. The lowest BCUT2D eigenvalue weighted by molar-refractivity contribution is 0.0947. The first-order valence-corrected chi connectivity index (χ1v) is 12.7. The number of piperidine rings is 1. The van der Waals surface area contributed by atoms with Crippen molar-refractivity contribution in [1.29, 1.82) is 0 Å². The summed E-state index contributed by atoms with van der Waals surface area (Å²) in [6, 6.07) is 12.1. The molecule has 1 aliphatic rings. The lowest BCUT2D eigenvalue weighted by Crippen LogP contribution is -2.35. The van der Waals surface area contributed by atoms with Crippen LogP contribution in [0.4, 0.5) is 0 Å². The normalized spacial score (nSPS) is 15.4. The van der Waals surface area contributed by atoms with E-state index in [1.165, 1.54) is 28.1 Å². The summed E-state index contributed by atoms with van der Waals surface area (Å²) in [5.74, 6) is 0.289. The Morgan fingerprint density at radius 1 is 1.06 bits per heavy atom. The molecule has 0 aromatic heterocycles. The van der Waals surface area contributed by atoms with Gasteiger partial charge in [0.25, 0.3) is 5.91 Å². The van der Waals surface area contributed by atoms with Gasteiger partial charge in [-0.15, -0.1) is 0 Å². The van der Waals surface area contributed by atoms with Crippen molar-refractivity contribution in [1.82, 2.24) is 9.62 Å². The Balaban J connectivity index is 1.58. The molecule has 0 saturated carbocycles. The van der Waals surface area contributed by atoms with Crippen LogP contribution >= 0.6 is 11.6 Å². The van der Waals surface area contributed by atoms with Gasteiger partial charge >= 0.3 is 0 Å². The Hall–Kier alpha value is -2.09. The molecule has 1 saturated heterocycles. The molecule has 0 spiro atoms. The maximum absolute atomic E-state index is 12.9. The minimum absolute atomic E-state index is 0.0712. The summed E-state index contributed by atoms with van der Waals surface area (Å²) in [5, 5.41) is 2.95. The van der Waals surface area contributed by atoms with E-state index in [9.17, 15) is 13.2 Å². The molecule has 0 atom stereocenters. The van der Waals surface area contributed by atoms with Crippen molar-refractivity contribution in [2.75, 3.05) is 26.2 Å². The first-order valence-electron chi connectivity index (χ1n) is 10.9. The van der Waals surface area contributed by atoms with Crippen LogP contribution in [0.2, 0.25) is 5.02 Å². The predicted octanol–water partition coefficient (Wildman–Crippen LogP) is 4.62. The fraction of sp³-hybridized carbons (Fsp3) is 0.458. The summed E-state index contributed by atoms with van der Waals surface area (Å²) < 4.78 is 33.0. The molecular formula is C24H31ClN2O4S. The summed E-state index contributed by atoms with van der Waals surface area (Å²) in [6.07, 6.45) is 2.72. The molecule has 2 aromatic carbocycles. The van der Waals surface area contributed by atoms with E-state index in [2.05, 4.69) is 26.1 Å². The number of nitrogens with zero attached hydrogens (tertiary/aromatic N) is 1. The topological polar surface area (TPSA) is 75.7 Å². The number of rotatable bonds is 7. The number of sulfonamides is 1. The Morgan fingerprint density at radius 2 is 1.72 bits per heavy atom. The van der Waals surface area contributed by atoms with E-state index in [0.717, 1.165) is 25.0 Å². The Morgan fingerprint density at radius 3 is 2.34 bits per heavy atom. The zero-order valence-electron chi connectivity index (χ0n) is 18.9. The van der Waals surface area contributed by atoms with E-state index < -0.39 is 15.9 Å². The zero-order chi connectivity index (χ0) is 23.4. The van der Waals surface area contributed by atoms with E-state index in [4.69, 9.17) is 16.3 Å². The predicted molar refractivity (Wildman–Crippen MR) is 127 cm³/mol. The van der Waals surface area contributed by atoms with Gasteiger partial charge in [0.1, 0.15) is 12.4 Å². The third kappa shape index (κ3) is 6.03. The Kier molecular flexibility index (Phi) is 7.85. The molecule has 1 N–H and O–H groups in total. The fourth-order valence-electron chi connectivity index (χ4n) is 3.57. The van der Waals surface area contributed by atoms with E-state index in [0.29, 0.717) is 13.1 Å². The smallest absolute Gasteiger partial charge is 0.252 e. The minimum Gasteiger partial charge on any atom is -0.492 e. The number of halogens is 1. The van der Waals surface area contributed by atoms with Gasteiger partial charge in [-0.1, -0.05) is 50.9 Å². The molecular weight excluding hydrogens is 448 g/mol. The van der Waals surface area contributed by atoms with Gasteiger partial charge in [0.15, 0.2) is 0 Å². The highest BCUT2D eigenvalue weighted by molar-refractivity contribution is 7.89. The third-order valence-electron chi connectivity index (χ3n) is 5.51. The fourth-order valence-corrected chi connectivity index (χ4v) is 5.32. The number of benzene rings is 2. The number of carbonyl (C=O) groups is 1. The molecule has 8 heteroatoms. The van der Waals surface area contributed by atoms with Crippen molar-refractivity contribution in [2.45, 2.75) is 50.3 Å². The summed E-state index contributed by atoms with van der Waals surface area (Å²) in [5.41, 5.74) is 1.42. The molecule has 1 fully saturated rings. The van der Waals surface area contributed by atoms with E-state index >= 15 is 0 Å². The van der Waals surface area contributed by atoms with Gasteiger partial charge in [0.05, 0.1) is 22.0 Å². The first-order chi connectivity index (χ1) is 15.1. The molecule has 1 amide bonds. The van der Waals surface area contributed by atoms with Crippen LogP contribution in [0.1, 0.15) is 56.0 Å². The van der Waals surface area contributed by atoms with Crippen molar-refractivity contribution in [3.63, 3.8) is 0 Å². The Bertz CT molecular complexity index is 1040. The molecule has 6 nitrogen and oxygen atoms in total. The van der Waals surface area contributed by atoms with Gasteiger partial charge in [-0.05, 0) is 54.2 Å². The van der Waals surface area contributed by atoms with Gasteiger partial charge in [0.2, 0.25) is 10.0 Å². The molecule has 0 aliphatic carbocycles. The molecule has 32 heavy (non-hydrogen) atoms. The van der Waals surface area contributed by atoms with Crippen molar-refractivity contribution in [3.8, 4) is 5.75 Å². The number of amides is 1. The van der Waals surface area contributed by atoms with Gasteiger partial charge in [-0.2, -0.15) is 4.31 Å². The molecule has 0 bridgehead atoms. The highest BCUT2D eigenvalue weighted by atomic mass is 35.5. The Labute approximate surface area is 196 Å². The van der Waals surface area contributed by atoms with Crippen molar-refractivity contribution in [2.24, 2.45) is 0 Å². The SMILES string of the molecule is CC(C)(C)c1ccc(OCCNC(=O)c2cc(S(=O)(=O)N3CCCCC3)ccc2Cl)cc1. The van der Waals surface area contributed by atoms with Gasteiger partial charge in [-0.25, -0.2) is 8.42 Å². The number of carbonyl (C=O) groups excluding carboxylic acids is 1. The summed E-state index contributed by atoms with van der Waals surface area (Å²) in [6.45, 7) is 7.99. The van der Waals surface area contributed by atoms with E-state index in [1.807, 2.05) is 24.3 Å². The highest BCUT2D eigenvalue weighted by Gasteiger charge is 2.27. The third-order valence-corrected chi connectivity index (χ3v) is 7.74. The maximum Gasteiger partial charge on any atom is 0.252 e. The van der Waals surface area contributed by atoms with Crippen LogP contribution in [-0.2, 0) is 15.4 Å². The van der Waals surface area contributed by atoms with Crippen molar-refractivity contribution >= 4 is 27.5 Å². The standard InChI is InChI=1S/C24H31ClN2O4S/c1-24(2,3)18-7-9-19(10-8-18)31-16-13-26-23(28)21-17-20(11-12-22(21)25)32(29,30)27-14-5-4-6-15-27/h7-12,17H,4-6,13-16H2,1-3H3,(H,26,28). The number of hydrogen-bond donors (Lipinski definition) is 1. The summed E-state index contributed by atoms with van der Waals surface area (Å²) in [7, 11) is -3.64. The van der Waals surface area contributed by atoms with Gasteiger partial charge in [-0.3, -0.25) is 4.79 Å². The lowest BCUT2D eigenvalue weighted by Gasteiger charge is -2.26. The first kappa shape index (κ1) is 24.6. The zero-order valence-corrected chi connectivity index (χ0v) is 20.4. The van der Waals surface area contributed by atoms with Crippen molar-refractivity contribution in [3.05, 3.63) is 58.6 Å². The van der Waals surface area contributed by atoms with Crippen LogP contribution in [0, 0.1) is 0 Å². The summed E-state index contributed by atoms with van der Waals surface area (Å²) in [4.78, 5) is 12.7. The number of hydrogen-bond acceptors (Lipinski definition) is 4. The molecule has 2 aromatic rings. The monoisotopic (exact) mass is 478 g/mol. The van der Waals surface area contributed by atoms with E-state index in [-0.39, 0.29) is 34.0 Å². The quantitative estimate of drug-likeness (QED) is 0.589. The highest BCUT2D eigenvalue weighted by Crippen LogP contribution is 2.26. The minimum atomic E-state index is -3.64. The average Bonchev–Trinajstić information content (AvgIpc) is 2.77. The van der Waals surface area contributed by atoms with Crippen molar-refractivity contribution < 1.29 is 17.9 Å². The van der Waals surface area contributed by atoms with Crippen LogP contribution in [0.15, 0.2) is 47.4 Å². The van der Waals surface area contributed by atoms with Crippen LogP contribution in [0.25, 0.3) is 0 Å².